The molecule has 2 aliphatic carbocycles. The van der Waals surface area contributed by atoms with Crippen molar-refractivity contribution in [1.29, 1.82) is 0 Å². The molecule has 0 bridgehead atoms. The summed E-state index contributed by atoms with van der Waals surface area (Å²) in [7, 11) is 0. The average molecular weight is 370 g/mol. The van der Waals surface area contributed by atoms with Crippen LogP contribution in [-0.2, 0) is 6.18 Å². The fourth-order valence-corrected chi connectivity index (χ4v) is 4.24. The van der Waals surface area contributed by atoms with E-state index < -0.39 is 11.9 Å². The Labute approximate surface area is 148 Å². The first-order valence-electron chi connectivity index (χ1n) is 8.44. The Balaban J connectivity index is 1.73. The van der Waals surface area contributed by atoms with E-state index in [9.17, 15) is 13.2 Å². The third-order valence-electron chi connectivity index (χ3n) is 5.34. The average Bonchev–Trinajstić information content (AvgIpc) is 3.24. The second-order valence-corrected chi connectivity index (χ2v) is 7.90. The summed E-state index contributed by atoms with van der Waals surface area (Å²) in [6, 6.07) is 5.97. The molecule has 0 amide bonds. The van der Waals surface area contributed by atoms with E-state index in [2.05, 4.69) is 10.3 Å². The zero-order valence-corrected chi connectivity index (χ0v) is 14.3. The molecule has 1 aromatic heterocycles. The number of benzene rings is 1. The number of anilines is 1. The van der Waals surface area contributed by atoms with Gasteiger partial charge in [0.15, 0.2) is 0 Å². The topological polar surface area (TPSA) is 50.9 Å². The van der Waals surface area contributed by atoms with Gasteiger partial charge in [0.2, 0.25) is 0 Å². The summed E-state index contributed by atoms with van der Waals surface area (Å²) in [6.45, 7) is 0. The van der Waals surface area contributed by atoms with Crippen LogP contribution in [0.4, 0.5) is 18.9 Å². The van der Waals surface area contributed by atoms with Gasteiger partial charge < -0.3 is 11.1 Å². The molecule has 2 saturated carbocycles. The van der Waals surface area contributed by atoms with Crippen molar-refractivity contribution in [2.24, 2.45) is 11.1 Å². The number of aromatic nitrogens is 1. The third-order valence-corrected chi connectivity index (χ3v) is 5.57. The smallest absolute Gasteiger partial charge is 0.382 e. The van der Waals surface area contributed by atoms with Crippen LogP contribution in [-0.4, -0.2) is 17.1 Å². The van der Waals surface area contributed by atoms with E-state index in [1.165, 1.54) is 6.07 Å². The van der Waals surface area contributed by atoms with Crippen LogP contribution >= 0.6 is 11.6 Å². The van der Waals surface area contributed by atoms with E-state index in [-0.39, 0.29) is 17.6 Å². The quantitative estimate of drug-likeness (QED) is 0.785. The van der Waals surface area contributed by atoms with E-state index in [1.54, 1.807) is 12.1 Å². The van der Waals surface area contributed by atoms with Crippen LogP contribution in [0.3, 0.4) is 0 Å². The van der Waals surface area contributed by atoms with Gasteiger partial charge in [-0.25, -0.2) is 4.98 Å². The van der Waals surface area contributed by atoms with Gasteiger partial charge in [-0.05, 0) is 61.8 Å². The lowest BCUT2D eigenvalue weighted by Crippen LogP contribution is -2.40. The van der Waals surface area contributed by atoms with Crippen molar-refractivity contribution < 1.29 is 13.2 Å². The minimum Gasteiger partial charge on any atom is -0.382 e. The lowest BCUT2D eigenvalue weighted by atomic mass is 9.80. The Morgan fingerprint density at radius 2 is 1.96 bits per heavy atom. The largest absolute Gasteiger partial charge is 0.433 e. The molecule has 1 heterocycles. The van der Waals surface area contributed by atoms with Crippen molar-refractivity contribution in [3.63, 3.8) is 0 Å². The highest BCUT2D eigenvalue weighted by molar-refractivity contribution is 6.31. The fourth-order valence-electron chi connectivity index (χ4n) is 4.07. The van der Waals surface area contributed by atoms with Crippen molar-refractivity contribution >= 4 is 28.2 Å². The van der Waals surface area contributed by atoms with Gasteiger partial charge in [0, 0.05) is 28.2 Å². The summed E-state index contributed by atoms with van der Waals surface area (Å²) in [6.07, 6.45) is 0.554. The molecule has 7 heteroatoms. The van der Waals surface area contributed by atoms with Gasteiger partial charge in [-0.1, -0.05) is 11.6 Å². The number of pyridine rings is 1. The molecule has 0 aliphatic heterocycles. The predicted octanol–water partition coefficient (Wildman–Crippen LogP) is 4.98. The molecule has 3 N–H and O–H groups in total. The van der Waals surface area contributed by atoms with Gasteiger partial charge >= 0.3 is 6.18 Å². The molecular weight excluding hydrogens is 351 g/mol. The first kappa shape index (κ1) is 16.9. The van der Waals surface area contributed by atoms with Crippen LogP contribution in [0, 0.1) is 5.41 Å². The summed E-state index contributed by atoms with van der Waals surface area (Å²) >= 11 is 6.04. The molecule has 25 heavy (non-hydrogen) atoms. The minimum absolute atomic E-state index is 0.0666. The van der Waals surface area contributed by atoms with Crippen LogP contribution < -0.4 is 11.1 Å². The number of hydrogen-bond donors (Lipinski definition) is 2. The Morgan fingerprint density at radius 3 is 2.64 bits per heavy atom. The first-order chi connectivity index (χ1) is 11.7. The Morgan fingerprint density at radius 1 is 1.20 bits per heavy atom. The Bertz CT molecular complexity index is 817. The van der Waals surface area contributed by atoms with Crippen LogP contribution in [0.25, 0.3) is 10.9 Å². The summed E-state index contributed by atoms with van der Waals surface area (Å²) in [5.74, 6) is 0. The second-order valence-electron chi connectivity index (χ2n) is 7.46. The fraction of sp³-hybridized carbons (Fsp3) is 0.500. The van der Waals surface area contributed by atoms with Gasteiger partial charge in [0.25, 0.3) is 0 Å². The molecule has 0 radical (unpaired) electrons. The molecule has 134 valence electrons. The normalized spacial score (nSPS) is 25.3. The van der Waals surface area contributed by atoms with E-state index in [0.717, 1.165) is 38.2 Å². The zero-order valence-electron chi connectivity index (χ0n) is 13.5. The van der Waals surface area contributed by atoms with Crippen molar-refractivity contribution in [1.82, 2.24) is 4.98 Å². The monoisotopic (exact) mass is 369 g/mol. The standard InChI is InChI=1S/C18H19ClF3N3/c19-10-1-2-14-13(5-10)15(7-16(25-14)18(20,21)22)24-12-6-11(23)8-17(9-12)3-4-17/h1-2,5,7,11-12H,3-4,6,8-9,23H2,(H,24,25). The molecule has 2 aromatic rings. The number of fused-ring (bicyclic) bond motifs is 1. The third kappa shape index (κ3) is 3.42. The van der Waals surface area contributed by atoms with Crippen molar-refractivity contribution in [2.75, 3.05) is 5.32 Å². The maximum atomic E-state index is 13.2. The van der Waals surface area contributed by atoms with Crippen molar-refractivity contribution in [3.05, 3.63) is 35.0 Å². The highest BCUT2D eigenvalue weighted by Gasteiger charge is 2.48. The van der Waals surface area contributed by atoms with Crippen LogP contribution in [0.5, 0.6) is 0 Å². The highest BCUT2D eigenvalue weighted by Crippen LogP contribution is 2.56. The molecule has 2 unspecified atom stereocenters. The van der Waals surface area contributed by atoms with E-state index >= 15 is 0 Å². The molecule has 2 fully saturated rings. The van der Waals surface area contributed by atoms with Crippen LogP contribution in [0.2, 0.25) is 5.02 Å². The number of halogens is 4. The maximum absolute atomic E-state index is 13.2. The Kier molecular flexibility index (Phi) is 3.88. The number of nitrogens with one attached hydrogen (secondary N) is 1. The molecule has 1 spiro atoms. The predicted molar refractivity (Wildman–Crippen MR) is 92.7 cm³/mol. The summed E-state index contributed by atoms with van der Waals surface area (Å²) in [5, 5.41) is 4.38. The molecule has 0 saturated heterocycles. The Hall–Kier alpha value is -1.53. The molecule has 2 atom stereocenters. The van der Waals surface area contributed by atoms with Crippen LogP contribution in [0.1, 0.15) is 37.8 Å². The van der Waals surface area contributed by atoms with Gasteiger partial charge in [-0.3, -0.25) is 0 Å². The van der Waals surface area contributed by atoms with Crippen molar-refractivity contribution in [3.8, 4) is 0 Å². The van der Waals surface area contributed by atoms with Crippen LogP contribution in [0.15, 0.2) is 24.3 Å². The second kappa shape index (κ2) is 5.74. The van der Waals surface area contributed by atoms with Gasteiger partial charge in [-0.2, -0.15) is 13.2 Å². The SMILES string of the molecule is NC1CC(Nc2cc(C(F)(F)F)nc3ccc(Cl)cc23)CC2(CC2)C1. The van der Waals surface area contributed by atoms with Gasteiger partial charge in [0.05, 0.1) is 5.52 Å². The number of rotatable bonds is 2. The minimum atomic E-state index is -4.50. The zero-order chi connectivity index (χ0) is 17.8. The van der Waals surface area contributed by atoms with E-state index in [1.807, 2.05) is 0 Å². The lowest BCUT2D eigenvalue weighted by molar-refractivity contribution is -0.140. The summed E-state index contributed by atoms with van der Waals surface area (Å²) < 4.78 is 39.6. The maximum Gasteiger partial charge on any atom is 0.433 e. The number of nitrogens with zero attached hydrogens (tertiary/aromatic N) is 1. The number of hydrogen-bond acceptors (Lipinski definition) is 3. The van der Waals surface area contributed by atoms with E-state index in [0.29, 0.717) is 21.5 Å². The van der Waals surface area contributed by atoms with E-state index in [4.69, 9.17) is 17.3 Å². The molecule has 1 aromatic carbocycles. The number of nitrogens with two attached hydrogens (primary N) is 1. The van der Waals surface area contributed by atoms with Gasteiger partial charge in [-0.15, -0.1) is 0 Å². The summed E-state index contributed by atoms with van der Waals surface area (Å²) in [5.41, 5.74) is 6.28. The number of alkyl halides is 3. The summed E-state index contributed by atoms with van der Waals surface area (Å²) in [4.78, 5) is 3.75. The molecular formula is C18H19ClF3N3. The first-order valence-corrected chi connectivity index (χ1v) is 8.82. The molecule has 3 nitrogen and oxygen atoms in total. The highest BCUT2D eigenvalue weighted by atomic mass is 35.5. The lowest BCUT2D eigenvalue weighted by Gasteiger charge is -2.34. The molecule has 2 aliphatic rings. The van der Waals surface area contributed by atoms with Crippen molar-refractivity contribution in [2.45, 2.75) is 50.4 Å². The molecule has 4 rings (SSSR count). The van der Waals surface area contributed by atoms with Gasteiger partial charge in [0.1, 0.15) is 5.69 Å².